The molecule has 0 aromatic heterocycles. The number of hydrogen-bond acceptors (Lipinski definition) is 1. The Hall–Kier alpha value is 0.930. The summed E-state index contributed by atoms with van der Waals surface area (Å²) >= 11 is 13.1. The molecule has 0 heterocycles. The van der Waals surface area contributed by atoms with Gasteiger partial charge in [-0.05, 0) is 0 Å². The van der Waals surface area contributed by atoms with Gasteiger partial charge in [-0.25, -0.2) is 0 Å². The molecule has 0 saturated carbocycles. The SMILES string of the molecule is S[C](Cl)Cl. The van der Waals surface area contributed by atoms with E-state index in [0.717, 1.165) is 0 Å². The lowest BCUT2D eigenvalue weighted by Crippen LogP contribution is -1.38. The molecule has 0 aliphatic carbocycles. The summed E-state index contributed by atoms with van der Waals surface area (Å²) < 4.78 is 0.0556. The Morgan fingerprint density at radius 1 is 1.50 bits per heavy atom. The molecule has 0 N–H and O–H groups in total. The monoisotopic (exact) mass is 115 g/mol. The van der Waals surface area contributed by atoms with Crippen LogP contribution in [0.3, 0.4) is 0 Å². The highest BCUT2D eigenvalue weighted by Crippen LogP contribution is 2.14. The minimum absolute atomic E-state index is 0.0556. The Labute approximate surface area is 40.5 Å². The molecule has 0 spiro atoms. The van der Waals surface area contributed by atoms with Crippen molar-refractivity contribution >= 4 is 35.8 Å². The molecule has 0 rings (SSSR count). The second kappa shape index (κ2) is 2.18. The molecule has 25 valence electrons. The van der Waals surface area contributed by atoms with E-state index in [1.54, 1.807) is 0 Å². The molecule has 0 aliphatic heterocycles. The van der Waals surface area contributed by atoms with Gasteiger partial charge in [0.2, 0.25) is 4.17 Å². The normalized spacial score (nSPS) is 9.00. The fourth-order valence-electron chi connectivity index (χ4n) is 0. The van der Waals surface area contributed by atoms with Gasteiger partial charge in [-0.3, -0.25) is 0 Å². The summed E-state index contributed by atoms with van der Waals surface area (Å²) in [6.45, 7) is 0. The molecule has 0 aromatic rings. The number of halogens is 2. The van der Waals surface area contributed by atoms with Gasteiger partial charge in [0.05, 0.1) is 0 Å². The van der Waals surface area contributed by atoms with E-state index in [2.05, 4.69) is 12.6 Å². The summed E-state index contributed by atoms with van der Waals surface area (Å²) in [5.41, 5.74) is 0. The summed E-state index contributed by atoms with van der Waals surface area (Å²) in [5, 5.41) is 0. The summed E-state index contributed by atoms with van der Waals surface area (Å²) in [6, 6.07) is 0. The van der Waals surface area contributed by atoms with Crippen LogP contribution in [0.2, 0.25) is 0 Å². The zero-order valence-corrected chi connectivity index (χ0v) is 4.11. The van der Waals surface area contributed by atoms with Crippen LogP contribution in [0.4, 0.5) is 0 Å². The van der Waals surface area contributed by atoms with Crippen molar-refractivity contribution < 1.29 is 0 Å². The maximum absolute atomic E-state index is 4.82. The molecule has 0 bridgehead atoms. The van der Waals surface area contributed by atoms with E-state index in [0.29, 0.717) is 0 Å². The van der Waals surface area contributed by atoms with E-state index in [1.807, 2.05) is 0 Å². The minimum Gasteiger partial charge on any atom is -0.137 e. The summed E-state index contributed by atoms with van der Waals surface area (Å²) in [6.07, 6.45) is 0. The average molecular weight is 116 g/mol. The fraction of sp³-hybridized carbons (Fsp3) is 0. The van der Waals surface area contributed by atoms with Gasteiger partial charge in [0.1, 0.15) is 0 Å². The third-order valence-electron chi connectivity index (χ3n) is 0. The van der Waals surface area contributed by atoms with E-state index in [9.17, 15) is 0 Å². The highest BCUT2D eigenvalue weighted by molar-refractivity contribution is 7.87. The zero-order valence-electron chi connectivity index (χ0n) is 1.70. The summed E-state index contributed by atoms with van der Waals surface area (Å²) in [5.74, 6) is 0. The molecule has 0 nitrogen and oxygen atoms in total. The quantitative estimate of drug-likeness (QED) is 0.458. The van der Waals surface area contributed by atoms with Crippen LogP contribution in [0, 0.1) is 4.17 Å². The van der Waals surface area contributed by atoms with Gasteiger partial charge in [0, 0.05) is 0 Å². The van der Waals surface area contributed by atoms with Crippen molar-refractivity contribution in [2.45, 2.75) is 0 Å². The van der Waals surface area contributed by atoms with Crippen LogP contribution in [-0.4, -0.2) is 0 Å². The highest BCUT2D eigenvalue weighted by Gasteiger charge is 1.79. The molecule has 0 saturated heterocycles. The largest absolute Gasteiger partial charge is 0.202 e. The fourth-order valence-corrected chi connectivity index (χ4v) is 0. The maximum Gasteiger partial charge on any atom is 0.202 e. The van der Waals surface area contributed by atoms with E-state index < -0.39 is 0 Å². The lowest BCUT2D eigenvalue weighted by Gasteiger charge is -1.69. The van der Waals surface area contributed by atoms with E-state index in [4.69, 9.17) is 23.2 Å². The minimum atomic E-state index is 0.0556. The Kier molecular flexibility index (Phi) is 2.69. The average Bonchev–Trinajstić information content (AvgIpc) is 0.811. The van der Waals surface area contributed by atoms with Crippen LogP contribution < -0.4 is 0 Å². The van der Waals surface area contributed by atoms with Crippen LogP contribution in [0.25, 0.3) is 0 Å². The first kappa shape index (κ1) is 4.93. The first-order valence-corrected chi connectivity index (χ1v) is 1.80. The number of rotatable bonds is 0. The van der Waals surface area contributed by atoms with Crippen LogP contribution in [0.5, 0.6) is 0 Å². The van der Waals surface area contributed by atoms with Crippen molar-refractivity contribution in [1.82, 2.24) is 0 Å². The van der Waals surface area contributed by atoms with Crippen LogP contribution in [0.15, 0.2) is 0 Å². The van der Waals surface area contributed by atoms with Gasteiger partial charge < -0.3 is 0 Å². The van der Waals surface area contributed by atoms with Gasteiger partial charge >= 0.3 is 0 Å². The molecule has 0 amide bonds. The molecule has 0 aliphatic rings. The van der Waals surface area contributed by atoms with Crippen LogP contribution in [-0.2, 0) is 0 Å². The molecular formula is CHCl2S. The first-order valence-electron chi connectivity index (χ1n) is 0.602. The molecule has 0 fully saturated rings. The van der Waals surface area contributed by atoms with Crippen molar-refractivity contribution in [3.8, 4) is 0 Å². The van der Waals surface area contributed by atoms with Crippen molar-refractivity contribution in [3.63, 3.8) is 0 Å². The van der Waals surface area contributed by atoms with Crippen molar-refractivity contribution in [3.05, 3.63) is 4.17 Å². The Morgan fingerprint density at radius 2 is 1.50 bits per heavy atom. The third kappa shape index (κ3) is 12.6. The Balaban J connectivity index is 2.32. The molecule has 3 heteroatoms. The van der Waals surface area contributed by atoms with Gasteiger partial charge in [-0.2, -0.15) is 0 Å². The van der Waals surface area contributed by atoms with Gasteiger partial charge in [-0.1, -0.05) is 23.2 Å². The van der Waals surface area contributed by atoms with Crippen LogP contribution in [0.1, 0.15) is 0 Å². The van der Waals surface area contributed by atoms with Crippen molar-refractivity contribution in [1.29, 1.82) is 0 Å². The molecule has 4 heavy (non-hydrogen) atoms. The van der Waals surface area contributed by atoms with Gasteiger partial charge in [0.15, 0.2) is 0 Å². The summed E-state index contributed by atoms with van der Waals surface area (Å²) in [7, 11) is 0. The zero-order chi connectivity index (χ0) is 3.58. The number of hydrogen-bond donors (Lipinski definition) is 1. The molecular weight excluding hydrogens is 115 g/mol. The van der Waals surface area contributed by atoms with E-state index in [-0.39, 0.29) is 4.17 Å². The number of thiol groups is 1. The Morgan fingerprint density at radius 3 is 1.50 bits per heavy atom. The topological polar surface area (TPSA) is 0 Å². The lowest BCUT2D eigenvalue weighted by atomic mass is 11.9. The van der Waals surface area contributed by atoms with Crippen molar-refractivity contribution in [2.24, 2.45) is 0 Å². The summed E-state index contributed by atoms with van der Waals surface area (Å²) in [4.78, 5) is 0. The first-order chi connectivity index (χ1) is 1.73. The van der Waals surface area contributed by atoms with Gasteiger partial charge in [-0.15, -0.1) is 12.6 Å². The Bertz CT molecular complexity index is 10.8. The molecule has 0 aromatic carbocycles. The van der Waals surface area contributed by atoms with Crippen molar-refractivity contribution in [2.75, 3.05) is 0 Å². The highest BCUT2D eigenvalue weighted by atomic mass is 35.5. The lowest BCUT2D eigenvalue weighted by molar-refractivity contribution is 2.46. The second-order valence-electron chi connectivity index (χ2n) is 0.240. The predicted molar refractivity (Wildman–Crippen MR) is 23.9 cm³/mol. The van der Waals surface area contributed by atoms with Crippen LogP contribution >= 0.6 is 35.8 Å². The standard InChI is InChI=1S/CHCl2S/c2-1(3)4/h4H. The smallest absolute Gasteiger partial charge is 0.137 e. The molecule has 0 atom stereocenters. The molecule has 0 unspecified atom stereocenters. The van der Waals surface area contributed by atoms with Gasteiger partial charge in [0.25, 0.3) is 0 Å². The van der Waals surface area contributed by atoms with E-state index >= 15 is 0 Å². The predicted octanol–water partition coefficient (Wildman–Crippen LogP) is 1.84. The second-order valence-corrected chi connectivity index (χ2v) is 2.16. The third-order valence-corrected chi connectivity index (χ3v) is 0. The van der Waals surface area contributed by atoms with E-state index in [1.165, 1.54) is 0 Å². The maximum atomic E-state index is 4.82. The molecule has 1 radical (unpaired) electrons.